The maximum Gasteiger partial charge on any atom is 0.328 e. The summed E-state index contributed by atoms with van der Waals surface area (Å²) >= 11 is 0. The van der Waals surface area contributed by atoms with Gasteiger partial charge in [0, 0.05) is 24.3 Å². The SMILES string of the molecule is O=C(O)C=CC(=O)Nc1cc(F)c(F)cc1F. The Morgan fingerprint density at radius 3 is 2.24 bits per heavy atom. The van der Waals surface area contributed by atoms with Crippen LogP contribution in [0.15, 0.2) is 24.3 Å². The van der Waals surface area contributed by atoms with Gasteiger partial charge < -0.3 is 10.4 Å². The predicted molar refractivity (Wildman–Crippen MR) is 51.7 cm³/mol. The van der Waals surface area contributed by atoms with Crippen LogP contribution in [0.2, 0.25) is 0 Å². The largest absolute Gasteiger partial charge is 0.478 e. The lowest BCUT2D eigenvalue weighted by molar-refractivity contribution is -0.131. The summed E-state index contributed by atoms with van der Waals surface area (Å²) in [6.45, 7) is 0. The fourth-order valence-corrected chi connectivity index (χ4v) is 0.940. The lowest BCUT2D eigenvalue weighted by Gasteiger charge is -2.04. The minimum atomic E-state index is -1.39. The van der Waals surface area contributed by atoms with E-state index >= 15 is 0 Å². The highest BCUT2D eigenvalue weighted by atomic mass is 19.2. The van der Waals surface area contributed by atoms with Crippen molar-refractivity contribution in [3.05, 3.63) is 41.7 Å². The molecule has 0 aliphatic carbocycles. The lowest BCUT2D eigenvalue weighted by Crippen LogP contribution is -2.10. The molecule has 0 aromatic heterocycles. The number of carboxylic acid groups (broad SMARTS) is 1. The quantitative estimate of drug-likeness (QED) is 0.629. The maximum absolute atomic E-state index is 13.0. The molecule has 0 atom stereocenters. The number of aliphatic carboxylic acids is 1. The van der Waals surface area contributed by atoms with Gasteiger partial charge in [-0.15, -0.1) is 0 Å². The Hall–Kier alpha value is -2.31. The fraction of sp³-hybridized carbons (Fsp3) is 0. The molecule has 4 nitrogen and oxygen atoms in total. The van der Waals surface area contributed by atoms with Crippen molar-refractivity contribution in [1.82, 2.24) is 0 Å². The number of halogens is 3. The van der Waals surface area contributed by atoms with Crippen LogP contribution >= 0.6 is 0 Å². The van der Waals surface area contributed by atoms with Gasteiger partial charge in [-0.05, 0) is 0 Å². The summed E-state index contributed by atoms with van der Waals surface area (Å²) in [6, 6.07) is 0.725. The molecule has 0 saturated carbocycles. The fourth-order valence-electron chi connectivity index (χ4n) is 0.940. The minimum absolute atomic E-state index is 0.270. The van der Waals surface area contributed by atoms with E-state index in [0.717, 1.165) is 0 Å². The third-order valence-corrected chi connectivity index (χ3v) is 1.65. The number of carboxylic acids is 1. The summed E-state index contributed by atoms with van der Waals surface area (Å²) in [7, 11) is 0. The molecule has 0 bridgehead atoms. The van der Waals surface area contributed by atoms with Gasteiger partial charge in [0.25, 0.3) is 0 Å². The number of carbonyl (C=O) groups is 2. The van der Waals surface area contributed by atoms with Crippen LogP contribution in [0.5, 0.6) is 0 Å². The molecular weight excluding hydrogens is 239 g/mol. The number of anilines is 1. The molecule has 0 spiro atoms. The highest BCUT2D eigenvalue weighted by molar-refractivity contribution is 6.02. The molecule has 0 saturated heterocycles. The van der Waals surface area contributed by atoms with E-state index in [9.17, 15) is 22.8 Å². The average molecular weight is 245 g/mol. The Kier molecular flexibility index (Phi) is 3.86. The lowest BCUT2D eigenvalue weighted by atomic mass is 10.2. The second-order valence-corrected chi connectivity index (χ2v) is 2.91. The van der Waals surface area contributed by atoms with Crippen LogP contribution in [-0.2, 0) is 9.59 Å². The van der Waals surface area contributed by atoms with Crippen LogP contribution in [0.1, 0.15) is 0 Å². The molecule has 1 aromatic carbocycles. The number of hydrogen-bond acceptors (Lipinski definition) is 2. The van der Waals surface area contributed by atoms with Crippen molar-refractivity contribution in [2.45, 2.75) is 0 Å². The predicted octanol–water partition coefficient (Wildman–Crippen LogP) is 1.68. The van der Waals surface area contributed by atoms with Gasteiger partial charge in [0.05, 0.1) is 5.69 Å². The normalized spacial score (nSPS) is 10.5. The summed E-state index contributed by atoms with van der Waals surface area (Å²) in [6.07, 6.45) is 1.14. The zero-order chi connectivity index (χ0) is 13.0. The van der Waals surface area contributed by atoms with Crippen LogP contribution in [0.3, 0.4) is 0 Å². The van der Waals surface area contributed by atoms with Gasteiger partial charge in [0.15, 0.2) is 11.6 Å². The van der Waals surface area contributed by atoms with E-state index in [1.807, 2.05) is 5.32 Å². The molecule has 1 amide bonds. The molecule has 1 rings (SSSR count). The van der Waals surface area contributed by atoms with Crippen LogP contribution in [-0.4, -0.2) is 17.0 Å². The molecule has 2 N–H and O–H groups in total. The molecule has 0 fully saturated rings. The summed E-state index contributed by atoms with van der Waals surface area (Å²) in [5.74, 6) is -6.23. The highest BCUT2D eigenvalue weighted by Gasteiger charge is 2.11. The Morgan fingerprint density at radius 1 is 1.06 bits per heavy atom. The van der Waals surface area contributed by atoms with Crippen molar-refractivity contribution in [3.8, 4) is 0 Å². The second-order valence-electron chi connectivity index (χ2n) is 2.91. The number of carbonyl (C=O) groups excluding carboxylic acids is 1. The van der Waals surface area contributed by atoms with E-state index in [2.05, 4.69) is 0 Å². The monoisotopic (exact) mass is 245 g/mol. The van der Waals surface area contributed by atoms with Crippen LogP contribution < -0.4 is 5.32 Å². The van der Waals surface area contributed by atoms with E-state index in [-0.39, 0.29) is 6.07 Å². The third kappa shape index (κ3) is 3.63. The molecule has 90 valence electrons. The van der Waals surface area contributed by atoms with Crippen LogP contribution in [0.4, 0.5) is 18.9 Å². The molecule has 0 unspecified atom stereocenters. The van der Waals surface area contributed by atoms with Gasteiger partial charge in [0.2, 0.25) is 5.91 Å². The van der Waals surface area contributed by atoms with Crippen molar-refractivity contribution < 1.29 is 27.9 Å². The molecule has 0 heterocycles. The average Bonchev–Trinajstić information content (AvgIpc) is 2.23. The van der Waals surface area contributed by atoms with Crippen LogP contribution in [0, 0.1) is 17.5 Å². The summed E-state index contributed by atoms with van der Waals surface area (Å²) < 4.78 is 38.3. The first-order valence-corrected chi connectivity index (χ1v) is 4.26. The standard InChI is InChI=1S/C10H6F3NO3/c11-5-3-7(13)8(4-6(5)12)14-9(15)1-2-10(16)17/h1-4H,(H,14,15)(H,16,17). The number of benzene rings is 1. The van der Waals surface area contributed by atoms with Crippen molar-refractivity contribution in [3.63, 3.8) is 0 Å². The van der Waals surface area contributed by atoms with E-state index < -0.39 is 35.0 Å². The molecule has 0 radical (unpaired) electrons. The summed E-state index contributed by atoms with van der Waals surface area (Å²) in [4.78, 5) is 21.1. The van der Waals surface area contributed by atoms with Gasteiger partial charge >= 0.3 is 5.97 Å². The van der Waals surface area contributed by atoms with Gasteiger partial charge in [-0.1, -0.05) is 0 Å². The number of nitrogens with one attached hydrogen (secondary N) is 1. The molecule has 1 aromatic rings. The van der Waals surface area contributed by atoms with Crippen molar-refractivity contribution in [2.24, 2.45) is 0 Å². The second kappa shape index (κ2) is 5.15. The maximum atomic E-state index is 13.0. The molecule has 0 aliphatic rings. The highest BCUT2D eigenvalue weighted by Crippen LogP contribution is 2.18. The number of hydrogen-bond donors (Lipinski definition) is 2. The first kappa shape index (κ1) is 12.8. The Balaban J connectivity index is 2.85. The number of amides is 1. The minimum Gasteiger partial charge on any atom is -0.478 e. The Labute approximate surface area is 93.4 Å². The smallest absolute Gasteiger partial charge is 0.328 e. The third-order valence-electron chi connectivity index (χ3n) is 1.65. The molecule has 17 heavy (non-hydrogen) atoms. The molecule has 7 heteroatoms. The molecular formula is C10H6F3NO3. The van der Waals surface area contributed by atoms with Gasteiger partial charge in [-0.3, -0.25) is 4.79 Å². The van der Waals surface area contributed by atoms with Crippen molar-refractivity contribution in [1.29, 1.82) is 0 Å². The summed E-state index contributed by atoms with van der Waals surface area (Å²) in [5, 5.41) is 10.1. The zero-order valence-electron chi connectivity index (χ0n) is 8.21. The topological polar surface area (TPSA) is 66.4 Å². The summed E-state index contributed by atoms with van der Waals surface area (Å²) in [5.41, 5.74) is -0.580. The zero-order valence-corrected chi connectivity index (χ0v) is 8.21. The van der Waals surface area contributed by atoms with Gasteiger partial charge in [0.1, 0.15) is 5.82 Å². The van der Waals surface area contributed by atoms with Crippen molar-refractivity contribution in [2.75, 3.05) is 5.32 Å². The Bertz CT molecular complexity index is 500. The Morgan fingerprint density at radius 2 is 1.65 bits per heavy atom. The molecule has 0 aliphatic heterocycles. The first-order valence-electron chi connectivity index (χ1n) is 4.26. The van der Waals surface area contributed by atoms with E-state index in [4.69, 9.17) is 5.11 Å². The van der Waals surface area contributed by atoms with E-state index in [1.165, 1.54) is 0 Å². The van der Waals surface area contributed by atoms with Crippen LogP contribution in [0.25, 0.3) is 0 Å². The van der Waals surface area contributed by atoms with Gasteiger partial charge in [-0.25, -0.2) is 18.0 Å². The first-order chi connectivity index (χ1) is 7.90. The van der Waals surface area contributed by atoms with Gasteiger partial charge in [-0.2, -0.15) is 0 Å². The number of rotatable bonds is 3. The van der Waals surface area contributed by atoms with Crippen molar-refractivity contribution >= 4 is 17.6 Å². The van der Waals surface area contributed by atoms with E-state index in [0.29, 0.717) is 18.2 Å². The van der Waals surface area contributed by atoms with E-state index in [1.54, 1.807) is 0 Å².